The summed E-state index contributed by atoms with van der Waals surface area (Å²) >= 11 is 0. The summed E-state index contributed by atoms with van der Waals surface area (Å²) in [5.41, 5.74) is 1.17. The van der Waals surface area contributed by atoms with E-state index in [2.05, 4.69) is 20.1 Å². The molecular formula is C9H20O. The summed E-state index contributed by atoms with van der Waals surface area (Å²) in [4.78, 5) is 0. The molecule has 0 aromatic heterocycles. The number of rotatable bonds is 1. The topological polar surface area (TPSA) is 20.2 Å². The molecule has 0 aliphatic carbocycles. The predicted molar refractivity (Wildman–Crippen MR) is 49.1 cm³/mol. The molecule has 0 aromatic rings. The van der Waals surface area contributed by atoms with Gasteiger partial charge in [-0.15, -0.1) is 13.2 Å². The van der Waals surface area contributed by atoms with Gasteiger partial charge in [-0.25, -0.2) is 0 Å². The van der Waals surface area contributed by atoms with Crippen LogP contribution in [-0.2, 0) is 0 Å². The maximum Gasteiger partial charge on any atom is 0.0319 e. The molecule has 1 nitrogen and oxygen atoms in total. The fourth-order valence-corrected chi connectivity index (χ4v) is 0. The molecule has 1 N–H and O–H groups in total. The Labute approximate surface area is 65.1 Å². The van der Waals surface area contributed by atoms with E-state index in [1.54, 1.807) is 0 Å². The second-order valence-corrected chi connectivity index (χ2v) is 1.90. The third-order valence-electron chi connectivity index (χ3n) is 0.289. The number of aliphatic hydroxyl groups is 1. The lowest BCUT2D eigenvalue weighted by Gasteiger charge is -1.65. The summed E-state index contributed by atoms with van der Waals surface area (Å²) in [6.07, 6.45) is 2.96. The minimum atomic E-state index is 1.00. The highest BCUT2D eigenvalue weighted by atomic mass is 16.2. The molecule has 10 heavy (non-hydrogen) atoms. The standard InChI is InChI=1S/2C4H8.CH4O/c1-4(2)3;1-3-4-2;1-2/h1H2,2-3H3;3H,1,4H2,2H3;2H,1H3. The van der Waals surface area contributed by atoms with Gasteiger partial charge in [0.2, 0.25) is 0 Å². The first-order valence-corrected chi connectivity index (χ1v) is 3.32. The minimum absolute atomic E-state index is 1.00. The molecule has 0 aliphatic heterocycles. The van der Waals surface area contributed by atoms with Gasteiger partial charge in [0.15, 0.2) is 0 Å². The van der Waals surface area contributed by atoms with E-state index in [-0.39, 0.29) is 0 Å². The smallest absolute Gasteiger partial charge is 0.0319 e. The van der Waals surface area contributed by atoms with Crippen LogP contribution in [0.2, 0.25) is 0 Å². The van der Waals surface area contributed by atoms with Crippen molar-refractivity contribution in [2.45, 2.75) is 27.2 Å². The SMILES string of the molecule is C=C(C)C.C=CCC.CO. The lowest BCUT2D eigenvalue weighted by Crippen LogP contribution is -1.43. The van der Waals surface area contributed by atoms with Crippen molar-refractivity contribution in [3.8, 4) is 0 Å². The van der Waals surface area contributed by atoms with Crippen molar-refractivity contribution in [2.24, 2.45) is 0 Å². The fourth-order valence-electron chi connectivity index (χ4n) is 0. The Morgan fingerprint density at radius 3 is 1.50 bits per heavy atom. The third kappa shape index (κ3) is 1590. The molecule has 0 heterocycles. The van der Waals surface area contributed by atoms with Gasteiger partial charge in [-0.3, -0.25) is 0 Å². The normalized spacial score (nSPS) is 5.70. The molecule has 0 spiro atoms. The molecular weight excluding hydrogens is 124 g/mol. The molecule has 0 radical (unpaired) electrons. The lowest BCUT2D eigenvalue weighted by molar-refractivity contribution is 0.399. The lowest BCUT2D eigenvalue weighted by atomic mass is 10.4. The van der Waals surface area contributed by atoms with Crippen molar-refractivity contribution in [1.82, 2.24) is 0 Å². The fraction of sp³-hybridized carbons (Fsp3) is 0.556. The Bertz CT molecular complexity index is 61.1. The van der Waals surface area contributed by atoms with Gasteiger partial charge in [-0.2, -0.15) is 0 Å². The van der Waals surface area contributed by atoms with Crippen molar-refractivity contribution in [2.75, 3.05) is 7.11 Å². The van der Waals surface area contributed by atoms with Crippen LogP contribution < -0.4 is 0 Å². The van der Waals surface area contributed by atoms with Gasteiger partial charge in [0.1, 0.15) is 0 Å². The molecule has 0 bridgehead atoms. The first-order valence-electron chi connectivity index (χ1n) is 3.32. The molecule has 1 heteroatoms. The van der Waals surface area contributed by atoms with Gasteiger partial charge in [0.25, 0.3) is 0 Å². The average Bonchev–Trinajstić information content (AvgIpc) is 1.91. The van der Waals surface area contributed by atoms with Crippen LogP contribution in [0.1, 0.15) is 27.2 Å². The van der Waals surface area contributed by atoms with E-state index in [4.69, 9.17) is 5.11 Å². The number of hydrogen-bond donors (Lipinski definition) is 1. The molecule has 0 amide bonds. The average molecular weight is 144 g/mol. The first kappa shape index (κ1) is 16.2. The van der Waals surface area contributed by atoms with E-state index >= 15 is 0 Å². The van der Waals surface area contributed by atoms with Crippen molar-refractivity contribution < 1.29 is 5.11 Å². The number of allylic oxidation sites excluding steroid dienone is 2. The van der Waals surface area contributed by atoms with Crippen molar-refractivity contribution >= 4 is 0 Å². The maximum absolute atomic E-state index is 7.00. The van der Waals surface area contributed by atoms with E-state index in [0.717, 1.165) is 13.5 Å². The molecule has 0 aromatic carbocycles. The zero-order chi connectivity index (χ0) is 8.99. The minimum Gasteiger partial charge on any atom is -0.400 e. The van der Waals surface area contributed by atoms with Crippen LogP contribution in [-0.4, -0.2) is 12.2 Å². The van der Waals surface area contributed by atoms with Gasteiger partial charge in [-0.1, -0.05) is 18.6 Å². The van der Waals surface area contributed by atoms with E-state index < -0.39 is 0 Å². The Kier molecular flexibility index (Phi) is 38.4. The van der Waals surface area contributed by atoms with Crippen molar-refractivity contribution in [3.63, 3.8) is 0 Å². The molecule has 0 atom stereocenters. The molecule has 0 saturated carbocycles. The second kappa shape index (κ2) is 23.7. The van der Waals surface area contributed by atoms with Crippen LogP contribution in [0.25, 0.3) is 0 Å². The molecule has 0 rings (SSSR count). The Morgan fingerprint density at radius 2 is 1.50 bits per heavy atom. The summed E-state index contributed by atoms with van der Waals surface area (Å²) < 4.78 is 0. The summed E-state index contributed by atoms with van der Waals surface area (Å²) in [6, 6.07) is 0. The Balaban J connectivity index is -0.0000000787. The number of hydrogen-bond acceptors (Lipinski definition) is 1. The van der Waals surface area contributed by atoms with Gasteiger partial charge in [-0.05, 0) is 20.3 Å². The summed E-state index contributed by atoms with van der Waals surface area (Å²) in [6.45, 7) is 13.0. The zero-order valence-electron chi connectivity index (χ0n) is 7.65. The van der Waals surface area contributed by atoms with Gasteiger partial charge in [0, 0.05) is 7.11 Å². The van der Waals surface area contributed by atoms with Gasteiger partial charge >= 0.3 is 0 Å². The number of aliphatic hydroxyl groups excluding tert-OH is 1. The monoisotopic (exact) mass is 144 g/mol. The zero-order valence-corrected chi connectivity index (χ0v) is 7.65. The van der Waals surface area contributed by atoms with Crippen LogP contribution in [0.15, 0.2) is 24.8 Å². The quantitative estimate of drug-likeness (QED) is 0.561. The highest BCUT2D eigenvalue weighted by molar-refractivity contribution is 4.78. The molecule has 0 aliphatic rings. The van der Waals surface area contributed by atoms with Gasteiger partial charge in [0.05, 0.1) is 0 Å². The summed E-state index contributed by atoms with van der Waals surface area (Å²) in [5.74, 6) is 0. The van der Waals surface area contributed by atoms with Gasteiger partial charge < -0.3 is 5.11 Å². The second-order valence-electron chi connectivity index (χ2n) is 1.90. The van der Waals surface area contributed by atoms with Crippen LogP contribution in [0, 0.1) is 0 Å². The molecule has 0 fully saturated rings. The molecule has 0 unspecified atom stereocenters. The van der Waals surface area contributed by atoms with Crippen LogP contribution in [0.3, 0.4) is 0 Å². The van der Waals surface area contributed by atoms with Crippen LogP contribution >= 0.6 is 0 Å². The first-order chi connectivity index (χ1) is 4.65. The van der Waals surface area contributed by atoms with Crippen molar-refractivity contribution in [3.05, 3.63) is 24.8 Å². The van der Waals surface area contributed by atoms with E-state index in [9.17, 15) is 0 Å². The van der Waals surface area contributed by atoms with E-state index in [1.165, 1.54) is 5.57 Å². The molecule has 62 valence electrons. The Morgan fingerprint density at radius 1 is 1.40 bits per heavy atom. The summed E-state index contributed by atoms with van der Waals surface area (Å²) in [7, 11) is 1.00. The molecule has 0 saturated heterocycles. The predicted octanol–water partition coefficient (Wildman–Crippen LogP) is 2.77. The summed E-state index contributed by atoms with van der Waals surface area (Å²) in [5, 5.41) is 7.00. The van der Waals surface area contributed by atoms with Crippen LogP contribution in [0.4, 0.5) is 0 Å². The maximum atomic E-state index is 7.00. The van der Waals surface area contributed by atoms with E-state index in [1.807, 2.05) is 19.9 Å². The highest BCUT2D eigenvalue weighted by Crippen LogP contribution is 1.73. The third-order valence-corrected chi connectivity index (χ3v) is 0.289. The Hall–Kier alpha value is -0.560. The van der Waals surface area contributed by atoms with Crippen LogP contribution in [0.5, 0.6) is 0 Å². The highest BCUT2D eigenvalue weighted by Gasteiger charge is 1.51. The van der Waals surface area contributed by atoms with Crippen molar-refractivity contribution in [1.29, 1.82) is 0 Å². The largest absolute Gasteiger partial charge is 0.400 e. The van der Waals surface area contributed by atoms with E-state index in [0.29, 0.717) is 0 Å².